The fraction of sp³-hybridized carbons (Fsp3) is 0.421. The van der Waals surface area contributed by atoms with Gasteiger partial charge in [0.05, 0.1) is 0 Å². The maximum absolute atomic E-state index is 12.2. The van der Waals surface area contributed by atoms with Gasteiger partial charge in [0.15, 0.2) is 6.10 Å². The molecule has 0 saturated heterocycles. The highest BCUT2D eigenvalue weighted by Gasteiger charge is 2.24. The molecule has 7 heteroatoms. The van der Waals surface area contributed by atoms with E-state index in [9.17, 15) is 19.5 Å². The molecule has 1 heterocycles. The molecule has 0 bridgehead atoms. The van der Waals surface area contributed by atoms with Crippen LogP contribution in [0, 0.1) is 12.8 Å². The van der Waals surface area contributed by atoms with Gasteiger partial charge in [-0.1, -0.05) is 13.8 Å². The summed E-state index contributed by atoms with van der Waals surface area (Å²) in [7, 11) is 0. The quantitative estimate of drug-likeness (QED) is 0.734. The fourth-order valence-corrected chi connectivity index (χ4v) is 2.62. The van der Waals surface area contributed by atoms with Gasteiger partial charge >= 0.3 is 11.6 Å². The molecule has 0 aliphatic carbocycles. The van der Waals surface area contributed by atoms with Gasteiger partial charge in [-0.05, 0) is 43.9 Å². The average Bonchev–Trinajstić information content (AvgIpc) is 2.52. The number of fused-ring (bicyclic) bond motifs is 1. The summed E-state index contributed by atoms with van der Waals surface area (Å²) >= 11 is 0. The molecule has 26 heavy (non-hydrogen) atoms. The Morgan fingerprint density at radius 3 is 2.54 bits per heavy atom. The summed E-state index contributed by atoms with van der Waals surface area (Å²) in [6.07, 6.45) is -0.577. The molecule has 2 aromatic rings. The van der Waals surface area contributed by atoms with E-state index >= 15 is 0 Å². The number of aryl methyl sites for hydroxylation is 1. The monoisotopic (exact) mass is 361 g/mol. The van der Waals surface area contributed by atoms with Gasteiger partial charge in [0.2, 0.25) is 0 Å². The van der Waals surface area contributed by atoms with Crippen LogP contribution in [0.1, 0.15) is 32.8 Å². The summed E-state index contributed by atoms with van der Waals surface area (Å²) in [5, 5.41) is 12.5. The van der Waals surface area contributed by atoms with E-state index in [0.717, 1.165) is 10.9 Å². The Labute approximate surface area is 151 Å². The van der Waals surface area contributed by atoms with E-state index in [0.29, 0.717) is 17.8 Å². The number of aliphatic carboxylic acids is 1. The lowest BCUT2D eigenvalue weighted by atomic mass is 10.0. The lowest BCUT2D eigenvalue weighted by Gasteiger charge is -2.20. The molecular weight excluding hydrogens is 338 g/mol. The van der Waals surface area contributed by atoms with Crippen molar-refractivity contribution in [3.63, 3.8) is 0 Å². The number of benzene rings is 1. The van der Waals surface area contributed by atoms with Crippen LogP contribution in [0.3, 0.4) is 0 Å². The Balaban J connectivity index is 2.12. The SMILES string of the molecule is Cc1cc(=O)oc2cc(OC(C)C(=O)NC(CC(C)C)C(=O)O)ccc12. The zero-order valence-electron chi connectivity index (χ0n) is 15.2. The first kappa shape index (κ1) is 19.5. The van der Waals surface area contributed by atoms with E-state index in [1.54, 1.807) is 19.1 Å². The summed E-state index contributed by atoms with van der Waals surface area (Å²) < 4.78 is 10.7. The molecule has 2 N–H and O–H groups in total. The van der Waals surface area contributed by atoms with Crippen LogP contribution in [0.15, 0.2) is 33.5 Å². The molecule has 2 unspecified atom stereocenters. The maximum atomic E-state index is 12.2. The average molecular weight is 361 g/mol. The Morgan fingerprint density at radius 1 is 1.23 bits per heavy atom. The van der Waals surface area contributed by atoms with Gasteiger partial charge in [-0.2, -0.15) is 0 Å². The number of rotatable bonds is 7. The second kappa shape index (κ2) is 8.03. The molecule has 7 nitrogen and oxygen atoms in total. The number of ether oxygens (including phenoxy) is 1. The lowest BCUT2D eigenvalue weighted by Crippen LogP contribution is -2.46. The zero-order valence-corrected chi connectivity index (χ0v) is 15.2. The minimum absolute atomic E-state index is 0.124. The molecule has 140 valence electrons. The third-order valence-electron chi connectivity index (χ3n) is 3.93. The van der Waals surface area contributed by atoms with Crippen molar-refractivity contribution in [3.8, 4) is 5.75 Å². The number of nitrogens with one attached hydrogen (secondary N) is 1. The van der Waals surface area contributed by atoms with E-state index in [1.165, 1.54) is 19.1 Å². The predicted octanol–water partition coefficient (Wildman–Crippen LogP) is 2.48. The zero-order chi connectivity index (χ0) is 19.4. The molecule has 0 radical (unpaired) electrons. The summed E-state index contributed by atoms with van der Waals surface area (Å²) in [5.74, 6) is -1.13. The predicted molar refractivity (Wildman–Crippen MR) is 96.3 cm³/mol. The van der Waals surface area contributed by atoms with Crippen molar-refractivity contribution in [2.75, 3.05) is 0 Å². The highest BCUT2D eigenvalue weighted by molar-refractivity contribution is 5.86. The molecule has 0 spiro atoms. The number of amides is 1. The van der Waals surface area contributed by atoms with Crippen molar-refractivity contribution < 1.29 is 23.8 Å². The Hall–Kier alpha value is -2.83. The number of carboxylic acids is 1. The van der Waals surface area contributed by atoms with Crippen LogP contribution >= 0.6 is 0 Å². The van der Waals surface area contributed by atoms with E-state index in [1.807, 2.05) is 13.8 Å². The molecule has 2 rings (SSSR count). The van der Waals surface area contributed by atoms with Crippen molar-refractivity contribution in [3.05, 3.63) is 40.2 Å². The minimum atomic E-state index is -1.08. The molecule has 0 saturated carbocycles. The smallest absolute Gasteiger partial charge is 0.336 e. The van der Waals surface area contributed by atoms with Crippen LogP contribution in [0.4, 0.5) is 0 Å². The van der Waals surface area contributed by atoms with Gasteiger partial charge in [0, 0.05) is 17.5 Å². The molecule has 0 aliphatic heterocycles. The van der Waals surface area contributed by atoms with Crippen molar-refractivity contribution in [2.24, 2.45) is 5.92 Å². The van der Waals surface area contributed by atoms with Gasteiger partial charge in [-0.25, -0.2) is 9.59 Å². The second-order valence-electron chi connectivity index (χ2n) is 6.70. The number of carbonyl (C=O) groups excluding carboxylic acids is 1. The number of hydrogen-bond donors (Lipinski definition) is 2. The molecular formula is C19H23NO6. The third kappa shape index (κ3) is 4.84. The van der Waals surface area contributed by atoms with Crippen molar-refractivity contribution in [1.82, 2.24) is 5.32 Å². The van der Waals surface area contributed by atoms with Crippen LogP contribution in [-0.2, 0) is 9.59 Å². The van der Waals surface area contributed by atoms with Crippen LogP contribution in [0.5, 0.6) is 5.75 Å². The third-order valence-corrected chi connectivity index (χ3v) is 3.93. The molecule has 2 atom stereocenters. The lowest BCUT2D eigenvalue weighted by molar-refractivity contribution is -0.143. The van der Waals surface area contributed by atoms with Crippen LogP contribution in [0.2, 0.25) is 0 Å². The standard InChI is InChI=1S/C19H23NO6/c1-10(2)7-15(19(23)24)20-18(22)12(4)25-13-5-6-14-11(3)8-17(21)26-16(14)9-13/h5-6,8-10,12,15H,7H2,1-4H3,(H,20,22)(H,23,24). The van der Waals surface area contributed by atoms with Crippen LogP contribution in [0.25, 0.3) is 11.0 Å². The van der Waals surface area contributed by atoms with Gasteiger partial charge in [0.25, 0.3) is 5.91 Å². The highest BCUT2D eigenvalue weighted by Crippen LogP contribution is 2.23. The topological polar surface area (TPSA) is 106 Å². The number of hydrogen-bond acceptors (Lipinski definition) is 5. The molecule has 1 aromatic heterocycles. The molecule has 1 aromatic carbocycles. The van der Waals surface area contributed by atoms with Crippen LogP contribution in [-0.4, -0.2) is 29.1 Å². The maximum Gasteiger partial charge on any atom is 0.336 e. The van der Waals surface area contributed by atoms with E-state index in [2.05, 4.69) is 5.32 Å². The van der Waals surface area contributed by atoms with Crippen molar-refractivity contribution >= 4 is 22.8 Å². The first-order chi connectivity index (χ1) is 12.2. The number of carboxylic acid groups (broad SMARTS) is 1. The normalized spacial score (nSPS) is 13.4. The van der Waals surface area contributed by atoms with Crippen molar-refractivity contribution in [1.29, 1.82) is 0 Å². The highest BCUT2D eigenvalue weighted by atomic mass is 16.5. The van der Waals surface area contributed by atoms with Gasteiger partial charge in [-0.15, -0.1) is 0 Å². The molecule has 0 aliphatic rings. The van der Waals surface area contributed by atoms with Gasteiger partial charge < -0.3 is 19.6 Å². The van der Waals surface area contributed by atoms with Crippen molar-refractivity contribution in [2.45, 2.75) is 46.3 Å². The first-order valence-corrected chi connectivity index (χ1v) is 8.41. The Kier molecular flexibility index (Phi) is 6.02. The van der Waals surface area contributed by atoms with Crippen LogP contribution < -0.4 is 15.7 Å². The molecule has 1 amide bonds. The largest absolute Gasteiger partial charge is 0.481 e. The summed E-state index contributed by atoms with van der Waals surface area (Å²) in [5.41, 5.74) is 0.686. The summed E-state index contributed by atoms with van der Waals surface area (Å²) in [6.45, 7) is 7.09. The number of carbonyl (C=O) groups is 2. The second-order valence-corrected chi connectivity index (χ2v) is 6.70. The Bertz CT molecular complexity index is 870. The van der Waals surface area contributed by atoms with E-state index in [-0.39, 0.29) is 5.92 Å². The first-order valence-electron chi connectivity index (χ1n) is 8.41. The van der Waals surface area contributed by atoms with E-state index in [4.69, 9.17) is 9.15 Å². The molecule has 0 fully saturated rings. The minimum Gasteiger partial charge on any atom is -0.481 e. The van der Waals surface area contributed by atoms with E-state index < -0.39 is 29.6 Å². The van der Waals surface area contributed by atoms with Gasteiger partial charge in [0.1, 0.15) is 17.4 Å². The summed E-state index contributed by atoms with van der Waals surface area (Å²) in [6, 6.07) is 5.38. The van der Waals surface area contributed by atoms with Gasteiger partial charge in [-0.3, -0.25) is 4.79 Å². The Morgan fingerprint density at radius 2 is 1.92 bits per heavy atom. The summed E-state index contributed by atoms with van der Waals surface area (Å²) in [4.78, 5) is 35.0. The fourth-order valence-electron chi connectivity index (χ4n) is 2.62.